The summed E-state index contributed by atoms with van der Waals surface area (Å²) in [6, 6.07) is 10.5. The van der Waals surface area contributed by atoms with Gasteiger partial charge in [0.1, 0.15) is 16.7 Å². The van der Waals surface area contributed by atoms with Crippen molar-refractivity contribution in [3.05, 3.63) is 46.4 Å². The molecule has 1 aromatic heterocycles. The molecule has 1 heterocycles. The van der Waals surface area contributed by atoms with Crippen molar-refractivity contribution >= 4 is 39.9 Å². The summed E-state index contributed by atoms with van der Waals surface area (Å²) in [5.74, 6) is 0. The number of nitrogen functional groups attached to an aromatic ring is 1. The Labute approximate surface area is 113 Å². The molecule has 0 aliphatic carbocycles. The SMILES string of the molecule is Nc1ccc(Cl)cc1-n1nc2ccc(Cl)cc2n1. The van der Waals surface area contributed by atoms with Crippen molar-refractivity contribution in [1.82, 2.24) is 15.0 Å². The third-order valence-electron chi connectivity index (χ3n) is 2.55. The van der Waals surface area contributed by atoms with Gasteiger partial charge in [-0.15, -0.1) is 15.0 Å². The molecule has 2 N–H and O–H groups in total. The molecule has 0 spiro atoms. The molecule has 2 aromatic carbocycles. The highest BCUT2D eigenvalue weighted by Crippen LogP contribution is 2.23. The predicted molar refractivity (Wildman–Crippen MR) is 73.3 cm³/mol. The van der Waals surface area contributed by atoms with E-state index in [1.165, 1.54) is 4.80 Å². The molecule has 3 rings (SSSR count). The quantitative estimate of drug-likeness (QED) is 0.695. The van der Waals surface area contributed by atoms with Gasteiger partial charge in [-0.25, -0.2) is 0 Å². The van der Waals surface area contributed by atoms with Crippen LogP contribution in [0.25, 0.3) is 16.7 Å². The molecule has 90 valence electrons. The highest BCUT2D eigenvalue weighted by Gasteiger charge is 2.08. The summed E-state index contributed by atoms with van der Waals surface area (Å²) in [7, 11) is 0. The van der Waals surface area contributed by atoms with Gasteiger partial charge in [-0.3, -0.25) is 0 Å². The van der Waals surface area contributed by atoms with Gasteiger partial charge in [0.2, 0.25) is 0 Å². The van der Waals surface area contributed by atoms with Crippen molar-refractivity contribution in [1.29, 1.82) is 0 Å². The maximum atomic E-state index is 5.95. The van der Waals surface area contributed by atoms with Gasteiger partial charge in [-0.2, -0.15) is 0 Å². The van der Waals surface area contributed by atoms with E-state index >= 15 is 0 Å². The number of fused-ring (bicyclic) bond motifs is 1. The fourth-order valence-electron chi connectivity index (χ4n) is 1.69. The summed E-state index contributed by atoms with van der Waals surface area (Å²) in [6.45, 7) is 0. The Morgan fingerprint density at radius 2 is 1.56 bits per heavy atom. The van der Waals surface area contributed by atoms with E-state index in [1.807, 2.05) is 6.07 Å². The van der Waals surface area contributed by atoms with Gasteiger partial charge in [0.15, 0.2) is 0 Å². The number of halogens is 2. The lowest BCUT2D eigenvalue weighted by Crippen LogP contribution is -2.02. The normalized spacial score (nSPS) is 11.0. The van der Waals surface area contributed by atoms with E-state index in [0.29, 0.717) is 26.9 Å². The van der Waals surface area contributed by atoms with E-state index in [0.717, 1.165) is 5.52 Å². The Balaban J connectivity index is 2.22. The van der Waals surface area contributed by atoms with Crippen LogP contribution in [0.3, 0.4) is 0 Å². The summed E-state index contributed by atoms with van der Waals surface area (Å²) in [5, 5.41) is 9.86. The Morgan fingerprint density at radius 1 is 0.889 bits per heavy atom. The summed E-state index contributed by atoms with van der Waals surface area (Å²) < 4.78 is 0. The minimum atomic E-state index is 0.561. The van der Waals surface area contributed by atoms with E-state index in [1.54, 1.807) is 30.3 Å². The molecule has 0 saturated carbocycles. The first kappa shape index (κ1) is 11.3. The first-order valence-corrected chi connectivity index (χ1v) is 5.97. The second kappa shape index (κ2) is 4.15. The third-order valence-corrected chi connectivity index (χ3v) is 3.02. The van der Waals surface area contributed by atoms with Crippen LogP contribution in [-0.2, 0) is 0 Å². The van der Waals surface area contributed by atoms with Crippen LogP contribution in [-0.4, -0.2) is 15.0 Å². The Hall–Kier alpha value is -1.78. The Morgan fingerprint density at radius 3 is 2.39 bits per heavy atom. The molecule has 0 amide bonds. The Kier molecular flexibility index (Phi) is 2.61. The molecule has 3 aromatic rings. The summed E-state index contributed by atoms with van der Waals surface area (Å²) in [6.07, 6.45) is 0. The molecule has 18 heavy (non-hydrogen) atoms. The minimum Gasteiger partial charge on any atom is -0.397 e. The predicted octanol–water partition coefficient (Wildman–Crippen LogP) is 3.31. The molecule has 0 atom stereocenters. The maximum absolute atomic E-state index is 5.95. The van der Waals surface area contributed by atoms with Crippen LogP contribution in [0, 0.1) is 0 Å². The number of benzene rings is 2. The molecular formula is C12H8Cl2N4. The molecule has 0 saturated heterocycles. The molecule has 0 bridgehead atoms. The zero-order valence-electron chi connectivity index (χ0n) is 9.14. The lowest BCUT2D eigenvalue weighted by molar-refractivity contribution is 0.768. The number of nitrogens with two attached hydrogens (primary N) is 1. The van der Waals surface area contributed by atoms with Crippen LogP contribution in [0.15, 0.2) is 36.4 Å². The smallest absolute Gasteiger partial charge is 0.115 e. The fourth-order valence-corrected chi connectivity index (χ4v) is 2.02. The zero-order valence-corrected chi connectivity index (χ0v) is 10.7. The van der Waals surface area contributed by atoms with Crippen molar-refractivity contribution in [2.24, 2.45) is 0 Å². The lowest BCUT2D eigenvalue weighted by atomic mass is 10.3. The number of aromatic nitrogens is 3. The van der Waals surface area contributed by atoms with Gasteiger partial charge >= 0.3 is 0 Å². The molecular weight excluding hydrogens is 271 g/mol. The Bertz CT molecular complexity index is 736. The maximum Gasteiger partial charge on any atom is 0.115 e. The summed E-state index contributed by atoms with van der Waals surface area (Å²) in [4.78, 5) is 1.46. The topological polar surface area (TPSA) is 56.7 Å². The molecule has 0 aliphatic rings. The van der Waals surface area contributed by atoms with Gasteiger partial charge in [-0.1, -0.05) is 23.2 Å². The average Bonchev–Trinajstić information content (AvgIpc) is 2.74. The van der Waals surface area contributed by atoms with Gasteiger partial charge in [0.05, 0.1) is 5.69 Å². The van der Waals surface area contributed by atoms with Crippen LogP contribution in [0.1, 0.15) is 0 Å². The monoisotopic (exact) mass is 278 g/mol. The number of anilines is 1. The van der Waals surface area contributed by atoms with Crippen LogP contribution < -0.4 is 5.73 Å². The van der Waals surface area contributed by atoms with E-state index < -0.39 is 0 Å². The highest BCUT2D eigenvalue weighted by molar-refractivity contribution is 6.31. The molecule has 4 nitrogen and oxygen atoms in total. The first-order chi connectivity index (χ1) is 8.63. The fraction of sp³-hybridized carbons (Fsp3) is 0. The summed E-state index contributed by atoms with van der Waals surface area (Å²) in [5.41, 5.74) is 8.56. The van der Waals surface area contributed by atoms with Crippen LogP contribution in [0.5, 0.6) is 0 Å². The number of rotatable bonds is 1. The number of hydrogen-bond acceptors (Lipinski definition) is 3. The standard InChI is InChI=1S/C12H8Cl2N4/c13-7-2-4-10-11(5-7)17-18(16-10)12-6-8(14)1-3-9(12)15/h1-6H,15H2. The third kappa shape index (κ3) is 1.89. The van der Waals surface area contributed by atoms with Crippen molar-refractivity contribution in [3.63, 3.8) is 0 Å². The second-order valence-corrected chi connectivity index (χ2v) is 4.70. The molecule has 0 unspecified atom stereocenters. The second-order valence-electron chi connectivity index (χ2n) is 3.83. The molecule has 0 radical (unpaired) electrons. The average molecular weight is 279 g/mol. The summed E-state index contributed by atoms with van der Waals surface area (Å²) >= 11 is 11.9. The van der Waals surface area contributed by atoms with E-state index in [2.05, 4.69) is 10.2 Å². The van der Waals surface area contributed by atoms with Crippen LogP contribution >= 0.6 is 23.2 Å². The van der Waals surface area contributed by atoms with E-state index in [4.69, 9.17) is 28.9 Å². The van der Waals surface area contributed by atoms with Crippen LogP contribution in [0.4, 0.5) is 5.69 Å². The number of hydrogen-bond donors (Lipinski definition) is 1. The minimum absolute atomic E-state index is 0.561. The first-order valence-electron chi connectivity index (χ1n) is 5.21. The van der Waals surface area contributed by atoms with Gasteiger partial charge in [0, 0.05) is 10.0 Å². The largest absolute Gasteiger partial charge is 0.397 e. The van der Waals surface area contributed by atoms with Gasteiger partial charge < -0.3 is 5.73 Å². The van der Waals surface area contributed by atoms with Crippen molar-refractivity contribution < 1.29 is 0 Å². The molecule has 0 fully saturated rings. The van der Waals surface area contributed by atoms with Gasteiger partial charge in [0.25, 0.3) is 0 Å². The highest BCUT2D eigenvalue weighted by atomic mass is 35.5. The van der Waals surface area contributed by atoms with E-state index in [-0.39, 0.29) is 0 Å². The molecule has 6 heteroatoms. The number of nitrogens with zero attached hydrogens (tertiary/aromatic N) is 3. The zero-order chi connectivity index (χ0) is 12.7. The van der Waals surface area contributed by atoms with Crippen LogP contribution in [0.2, 0.25) is 10.0 Å². The van der Waals surface area contributed by atoms with E-state index in [9.17, 15) is 0 Å². The molecule has 0 aliphatic heterocycles. The van der Waals surface area contributed by atoms with Gasteiger partial charge in [-0.05, 0) is 36.4 Å². The lowest BCUT2D eigenvalue weighted by Gasteiger charge is -2.03. The van der Waals surface area contributed by atoms with Crippen molar-refractivity contribution in [2.45, 2.75) is 0 Å². The van der Waals surface area contributed by atoms with Crippen molar-refractivity contribution in [2.75, 3.05) is 5.73 Å². The van der Waals surface area contributed by atoms with Crippen molar-refractivity contribution in [3.8, 4) is 5.69 Å².